The van der Waals surface area contributed by atoms with Gasteiger partial charge >= 0.3 is 5.97 Å². The van der Waals surface area contributed by atoms with Crippen molar-refractivity contribution in [1.82, 2.24) is 0 Å². The molecule has 0 fully saturated rings. The lowest BCUT2D eigenvalue weighted by Crippen LogP contribution is -2.09. The summed E-state index contributed by atoms with van der Waals surface area (Å²) in [6, 6.07) is 5.19. The molecule has 3 heteroatoms. The maximum atomic E-state index is 11.7. The van der Waals surface area contributed by atoms with Crippen molar-refractivity contribution in [2.75, 3.05) is 7.11 Å². The van der Waals surface area contributed by atoms with E-state index in [1.54, 1.807) is 12.1 Å². The van der Waals surface area contributed by atoms with Gasteiger partial charge in [-0.05, 0) is 51.3 Å². The number of allylic oxidation sites excluding steroid dienone is 4. The molecule has 1 N–H and O–H groups in total. The molecule has 112 valence electrons. The Kier molecular flexibility index (Phi) is 4.51. The molecular weight excluding hydrogens is 264 g/mol. The Bertz CT molecular complexity index is 619. The van der Waals surface area contributed by atoms with E-state index in [9.17, 15) is 9.90 Å². The van der Waals surface area contributed by atoms with Gasteiger partial charge in [0.1, 0.15) is 11.3 Å². The first-order valence-electron chi connectivity index (χ1n) is 7.18. The summed E-state index contributed by atoms with van der Waals surface area (Å²) in [6.07, 6.45) is 4.38. The summed E-state index contributed by atoms with van der Waals surface area (Å²) in [5.74, 6) is -0.377. The summed E-state index contributed by atoms with van der Waals surface area (Å²) in [5, 5.41) is 9.83. The summed E-state index contributed by atoms with van der Waals surface area (Å²) in [7, 11) is 1.32. The summed E-state index contributed by atoms with van der Waals surface area (Å²) in [6.45, 7) is 6.38. The zero-order valence-electron chi connectivity index (χ0n) is 13.1. The van der Waals surface area contributed by atoms with Gasteiger partial charge in [-0.2, -0.15) is 0 Å². The maximum Gasteiger partial charge on any atom is 0.341 e. The van der Waals surface area contributed by atoms with Crippen molar-refractivity contribution in [3.63, 3.8) is 0 Å². The molecule has 0 saturated heterocycles. The third kappa shape index (κ3) is 3.18. The fourth-order valence-electron chi connectivity index (χ4n) is 2.83. The quantitative estimate of drug-likeness (QED) is 0.650. The minimum Gasteiger partial charge on any atom is -0.507 e. The van der Waals surface area contributed by atoms with E-state index in [0.29, 0.717) is 0 Å². The molecule has 0 aromatic heterocycles. The number of hydrogen-bond acceptors (Lipinski definition) is 3. The molecule has 0 bridgehead atoms. The van der Waals surface area contributed by atoms with Crippen LogP contribution >= 0.6 is 0 Å². The van der Waals surface area contributed by atoms with Crippen LogP contribution in [0.2, 0.25) is 0 Å². The predicted molar refractivity (Wildman–Crippen MR) is 83.6 cm³/mol. The fourth-order valence-corrected chi connectivity index (χ4v) is 2.83. The lowest BCUT2D eigenvalue weighted by molar-refractivity contribution is 0.0597. The van der Waals surface area contributed by atoms with Crippen LogP contribution in [0.3, 0.4) is 0 Å². The molecule has 1 aliphatic carbocycles. The zero-order chi connectivity index (χ0) is 15.6. The first-order chi connectivity index (χ1) is 9.93. The first kappa shape index (κ1) is 15.4. The van der Waals surface area contributed by atoms with Crippen molar-refractivity contribution < 1.29 is 14.6 Å². The lowest BCUT2D eigenvalue weighted by Gasteiger charge is -2.26. The van der Waals surface area contributed by atoms with E-state index >= 15 is 0 Å². The van der Waals surface area contributed by atoms with E-state index in [4.69, 9.17) is 4.74 Å². The van der Waals surface area contributed by atoms with E-state index in [1.807, 2.05) is 6.07 Å². The average Bonchev–Trinajstić information content (AvgIpc) is 2.46. The monoisotopic (exact) mass is 286 g/mol. The first-order valence-corrected chi connectivity index (χ1v) is 7.18. The number of phenolic OH excluding ortho intramolecular Hbond substituents is 1. The standard InChI is InChI=1S/C18H22O3/c1-11(2)14-7-5-12(3)9-15(14)13-6-8-17(19)16(10-13)18(20)21-4/h6,8-10,15,19H,5,7H2,1-4H3/t15-/m0/s1. The molecular formula is C18H22O3. The number of methoxy groups -OCH3 is 1. The number of benzene rings is 1. The Labute approximate surface area is 125 Å². The van der Waals surface area contributed by atoms with E-state index in [0.717, 1.165) is 18.4 Å². The van der Waals surface area contributed by atoms with Crippen LogP contribution in [0.15, 0.2) is 41.0 Å². The highest BCUT2D eigenvalue weighted by molar-refractivity contribution is 5.92. The molecule has 0 aliphatic heterocycles. The SMILES string of the molecule is COC(=O)c1cc([C@@H]2C=C(C)CCC2=C(C)C)ccc1O. The smallest absolute Gasteiger partial charge is 0.341 e. The van der Waals surface area contributed by atoms with Crippen molar-refractivity contribution in [1.29, 1.82) is 0 Å². The van der Waals surface area contributed by atoms with Gasteiger partial charge in [0.05, 0.1) is 7.11 Å². The summed E-state index contributed by atoms with van der Waals surface area (Å²) < 4.78 is 4.73. The number of ether oxygens (including phenoxy) is 1. The van der Waals surface area contributed by atoms with Crippen molar-refractivity contribution in [2.45, 2.75) is 39.5 Å². The van der Waals surface area contributed by atoms with E-state index in [1.165, 1.54) is 23.8 Å². The highest BCUT2D eigenvalue weighted by atomic mass is 16.5. The number of hydrogen-bond donors (Lipinski definition) is 1. The maximum absolute atomic E-state index is 11.7. The lowest BCUT2D eigenvalue weighted by atomic mass is 9.79. The zero-order valence-corrected chi connectivity index (χ0v) is 13.1. The van der Waals surface area contributed by atoms with Gasteiger partial charge in [-0.1, -0.05) is 28.9 Å². The molecule has 1 atom stereocenters. The number of phenols is 1. The highest BCUT2D eigenvalue weighted by Gasteiger charge is 2.22. The van der Waals surface area contributed by atoms with E-state index < -0.39 is 5.97 Å². The van der Waals surface area contributed by atoms with Crippen LogP contribution in [0, 0.1) is 0 Å². The van der Waals surface area contributed by atoms with Gasteiger partial charge in [0.25, 0.3) is 0 Å². The van der Waals surface area contributed by atoms with Crippen molar-refractivity contribution in [3.05, 3.63) is 52.1 Å². The van der Waals surface area contributed by atoms with Crippen LogP contribution in [0.1, 0.15) is 55.5 Å². The molecule has 2 rings (SSSR count). The van der Waals surface area contributed by atoms with Crippen LogP contribution in [0.5, 0.6) is 5.75 Å². The normalized spacial score (nSPS) is 18.2. The van der Waals surface area contributed by atoms with Gasteiger partial charge in [0, 0.05) is 5.92 Å². The van der Waals surface area contributed by atoms with Crippen LogP contribution in [0.4, 0.5) is 0 Å². The molecule has 0 radical (unpaired) electrons. The number of esters is 1. The molecule has 21 heavy (non-hydrogen) atoms. The van der Waals surface area contributed by atoms with Gasteiger partial charge in [-0.3, -0.25) is 0 Å². The summed E-state index contributed by atoms with van der Waals surface area (Å²) in [5.41, 5.74) is 5.31. The molecule has 0 unspecified atom stereocenters. The van der Waals surface area contributed by atoms with Crippen LogP contribution in [0.25, 0.3) is 0 Å². The van der Waals surface area contributed by atoms with Crippen molar-refractivity contribution in [3.8, 4) is 5.75 Å². The second-order valence-electron chi connectivity index (χ2n) is 5.78. The van der Waals surface area contributed by atoms with Gasteiger partial charge in [-0.15, -0.1) is 0 Å². The number of carbonyl (C=O) groups excluding carboxylic acids is 1. The highest BCUT2D eigenvalue weighted by Crippen LogP contribution is 2.38. The molecule has 0 heterocycles. The molecule has 1 aliphatic rings. The van der Waals surface area contributed by atoms with Crippen molar-refractivity contribution in [2.24, 2.45) is 0 Å². The molecule has 0 saturated carbocycles. The Morgan fingerprint density at radius 3 is 2.62 bits per heavy atom. The van der Waals surface area contributed by atoms with Crippen LogP contribution in [-0.2, 0) is 4.74 Å². The largest absolute Gasteiger partial charge is 0.507 e. The molecule has 0 spiro atoms. The van der Waals surface area contributed by atoms with E-state index in [-0.39, 0.29) is 17.2 Å². The van der Waals surface area contributed by atoms with Crippen molar-refractivity contribution >= 4 is 5.97 Å². The average molecular weight is 286 g/mol. The number of rotatable bonds is 2. The number of aromatic hydroxyl groups is 1. The molecule has 3 nitrogen and oxygen atoms in total. The Morgan fingerprint density at radius 1 is 1.29 bits per heavy atom. The minimum atomic E-state index is -0.510. The molecule has 1 aromatic rings. The minimum absolute atomic E-state index is 0.0409. The third-order valence-corrected chi connectivity index (χ3v) is 4.04. The second kappa shape index (κ2) is 6.17. The van der Waals surface area contributed by atoms with Gasteiger partial charge in [0.15, 0.2) is 0 Å². The van der Waals surface area contributed by atoms with Crippen LogP contribution < -0.4 is 0 Å². The summed E-state index contributed by atoms with van der Waals surface area (Å²) in [4.78, 5) is 11.7. The Morgan fingerprint density at radius 2 is 2.00 bits per heavy atom. The Balaban J connectivity index is 2.52. The third-order valence-electron chi connectivity index (χ3n) is 4.04. The Hall–Kier alpha value is -2.03. The van der Waals surface area contributed by atoms with Crippen LogP contribution in [-0.4, -0.2) is 18.2 Å². The second-order valence-corrected chi connectivity index (χ2v) is 5.78. The fraction of sp³-hybridized carbons (Fsp3) is 0.389. The number of carbonyl (C=O) groups is 1. The predicted octanol–water partition coefficient (Wildman–Crippen LogP) is 4.34. The van der Waals surface area contributed by atoms with Gasteiger partial charge in [-0.25, -0.2) is 4.79 Å². The van der Waals surface area contributed by atoms with Gasteiger partial charge in [0.2, 0.25) is 0 Å². The van der Waals surface area contributed by atoms with E-state index in [2.05, 4.69) is 26.8 Å². The summed E-state index contributed by atoms with van der Waals surface area (Å²) >= 11 is 0. The van der Waals surface area contributed by atoms with Gasteiger partial charge < -0.3 is 9.84 Å². The molecule has 0 amide bonds. The molecule has 1 aromatic carbocycles. The topological polar surface area (TPSA) is 46.5 Å².